The molecular weight excluding hydrogens is 262 g/mol. The van der Waals surface area contributed by atoms with Crippen LogP contribution >= 0.6 is 0 Å². The van der Waals surface area contributed by atoms with E-state index in [9.17, 15) is 4.79 Å². The molecule has 1 amide bonds. The number of amides is 1. The molecule has 2 rings (SSSR count). The molecule has 3 heteroatoms. The fourth-order valence-corrected chi connectivity index (χ4v) is 2.19. The van der Waals surface area contributed by atoms with Gasteiger partial charge in [0.1, 0.15) is 5.75 Å². The van der Waals surface area contributed by atoms with Gasteiger partial charge in [-0.15, -0.1) is 0 Å². The van der Waals surface area contributed by atoms with Crippen molar-refractivity contribution in [2.75, 3.05) is 20.7 Å². The minimum Gasteiger partial charge on any atom is -0.497 e. The molecule has 2 aromatic carbocycles. The van der Waals surface area contributed by atoms with Gasteiger partial charge in [0.25, 0.3) is 5.91 Å². The lowest BCUT2D eigenvalue weighted by molar-refractivity contribution is 0.0796. The molecule has 0 aromatic heterocycles. The van der Waals surface area contributed by atoms with Gasteiger partial charge in [-0.1, -0.05) is 29.8 Å². The highest BCUT2D eigenvalue weighted by Crippen LogP contribution is 2.12. The molecule has 0 atom stereocenters. The predicted molar refractivity (Wildman–Crippen MR) is 84.8 cm³/mol. The average Bonchev–Trinajstić information content (AvgIpc) is 2.52. The maximum Gasteiger partial charge on any atom is 0.253 e. The Morgan fingerprint density at radius 1 is 1.14 bits per heavy atom. The molecule has 0 aliphatic rings. The minimum atomic E-state index is 0.0622. The summed E-state index contributed by atoms with van der Waals surface area (Å²) < 4.78 is 5.14. The third kappa shape index (κ3) is 4.09. The van der Waals surface area contributed by atoms with Crippen LogP contribution in [0.3, 0.4) is 0 Å². The van der Waals surface area contributed by atoms with E-state index in [0.717, 1.165) is 23.3 Å². The Morgan fingerprint density at radius 2 is 1.86 bits per heavy atom. The third-order valence-corrected chi connectivity index (χ3v) is 3.51. The number of hydrogen-bond donors (Lipinski definition) is 0. The Bertz CT molecular complexity index is 605. The molecule has 0 bridgehead atoms. The van der Waals surface area contributed by atoms with Gasteiger partial charge in [0, 0.05) is 19.2 Å². The Morgan fingerprint density at radius 3 is 2.48 bits per heavy atom. The minimum absolute atomic E-state index is 0.0622. The van der Waals surface area contributed by atoms with E-state index in [-0.39, 0.29) is 5.91 Å². The van der Waals surface area contributed by atoms with Gasteiger partial charge in [-0.3, -0.25) is 4.79 Å². The summed E-state index contributed by atoms with van der Waals surface area (Å²) in [5, 5.41) is 0. The van der Waals surface area contributed by atoms with Crippen LogP contribution in [0.5, 0.6) is 5.75 Å². The van der Waals surface area contributed by atoms with Crippen molar-refractivity contribution >= 4 is 5.91 Å². The van der Waals surface area contributed by atoms with Gasteiger partial charge in [0.2, 0.25) is 0 Å². The van der Waals surface area contributed by atoms with E-state index in [0.29, 0.717) is 6.54 Å². The lowest BCUT2D eigenvalue weighted by Gasteiger charge is -2.17. The van der Waals surface area contributed by atoms with Crippen molar-refractivity contribution in [2.24, 2.45) is 0 Å². The summed E-state index contributed by atoms with van der Waals surface area (Å²) in [6.45, 7) is 2.69. The summed E-state index contributed by atoms with van der Waals surface area (Å²) in [4.78, 5) is 14.1. The van der Waals surface area contributed by atoms with Gasteiger partial charge in [-0.2, -0.15) is 0 Å². The molecule has 0 aliphatic carbocycles. The average molecular weight is 283 g/mol. The Balaban J connectivity index is 1.94. The maximum atomic E-state index is 12.3. The molecule has 21 heavy (non-hydrogen) atoms. The topological polar surface area (TPSA) is 29.5 Å². The number of nitrogens with zero attached hydrogens (tertiary/aromatic N) is 1. The second-order valence-electron chi connectivity index (χ2n) is 5.19. The van der Waals surface area contributed by atoms with E-state index in [2.05, 4.69) is 0 Å². The zero-order chi connectivity index (χ0) is 15.2. The summed E-state index contributed by atoms with van der Waals surface area (Å²) >= 11 is 0. The van der Waals surface area contributed by atoms with Crippen LogP contribution in [0, 0.1) is 6.92 Å². The summed E-state index contributed by atoms with van der Waals surface area (Å²) in [5.41, 5.74) is 3.04. The van der Waals surface area contributed by atoms with Crippen LogP contribution in [-0.2, 0) is 6.42 Å². The van der Waals surface area contributed by atoms with E-state index in [1.54, 1.807) is 12.0 Å². The highest BCUT2D eigenvalue weighted by molar-refractivity contribution is 5.94. The van der Waals surface area contributed by atoms with Crippen LogP contribution in [0.1, 0.15) is 21.5 Å². The molecule has 0 unspecified atom stereocenters. The van der Waals surface area contributed by atoms with Crippen LogP contribution in [0.25, 0.3) is 0 Å². The lowest BCUT2D eigenvalue weighted by atomic mass is 10.1. The number of methoxy groups -OCH3 is 1. The molecular formula is C18H21NO2. The van der Waals surface area contributed by atoms with Gasteiger partial charge in [0.05, 0.1) is 7.11 Å². The lowest BCUT2D eigenvalue weighted by Crippen LogP contribution is -2.28. The van der Waals surface area contributed by atoms with Crippen molar-refractivity contribution in [3.05, 3.63) is 65.2 Å². The second-order valence-corrected chi connectivity index (χ2v) is 5.19. The SMILES string of the molecule is COc1ccc(CCN(C)C(=O)c2cccc(C)c2)cc1. The number of carbonyl (C=O) groups is 1. The van der Waals surface area contributed by atoms with E-state index >= 15 is 0 Å². The molecule has 0 radical (unpaired) electrons. The van der Waals surface area contributed by atoms with Crippen LogP contribution in [0.2, 0.25) is 0 Å². The molecule has 0 heterocycles. The molecule has 0 spiro atoms. The van der Waals surface area contributed by atoms with Crippen molar-refractivity contribution < 1.29 is 9.53 Å². The van der Waals surface area contributed by atoms with Crippen molar-refractivity contribution in [3.8, 4) is 5.75 Å². The molecule has 0 saturated carbocycles. The van der Waals surface area contributed by atoms with Gasteiger partial charge in [-0.05, 0) is 43.2 Å². The van der Waals surface area contributed by atoms with Crippen molar-refractivity contribution in [1.29, 1.82) is 0 Å². The van der Waals surface area contributed by atoms with Crippen LogP contribution in [0.4, 0.5) is 0 Å². The molecule has 110 valence electrons. The quantitative estimate of drug-likeness (QED) is 0.842. The van der Waals surface area contributed by atoms with Crippen molar-refractivity contribution in [1.82, 2.24) is 4.90 Å². The standard InChI is InChI=1S/C18H21NO2/c1-14-5-4-6-16(13-14)18(20)19(2)12-11-15-7-9-17(21-3)10-8-15/h4-10,13H,11-12H2,1-3H3. The number of benzene rings is 2. The first-order valence-corrected chi connectivity index (χ1v) is 7.05. The molecule has 0 aliphatic heterocycles. The Kier molecular flexibility index (Phi) is 4.99. The first kappa shape index (κ1) is 15.1. The summed E-state index contributed by atoms with van der Waals surface area (Å²) in [5.74, 6) is 0.912. The van der Waals surface area contributed by atoms with E-state index in [1.807, 2.05) is 62.5 Å². The fourth-order valence-electron chi connectivity index (χ4n) is 2.19. The number of ether oxygens (including phenoxy) is 1. The van der Waals surface area contributed by atoms with E-state index in [1.165, 1.54) is 5.56 Å². The number of rotatable bonds is 5. The van der Waals surface area contributed by atoms with Crippen molar-refractivity contribution in [2.45, 2.75) is 13.3 Å². The number of hydrogen-bond acceptors (Lipinski definition) is 2. The van der Waals surface area contributed by atoms with E-state index < -0.39 is 0 Å². The summed E-state index contributed by atoms with van der Waals surface area (Å²) in [7, 11) is 3.50. The molecule has 0 N–H and O–H groups in total. The first-order valence-electron chi connectivity index (χ1n) is 7.05. The Hall–Kier alpha value is -2.29. The third-order valence-electron chi connectivity index (χ3n) is 3.51. The zero-order valence-electron chi connectivity index (χ0n) is 12.8. The highest BCUT2D eigenvalue weighted by Gasteiger charge is 2.11. The van der Waals surface area contributed by atoms with Crippen LogP contribution < -0.4 is 4.74 Å². The number of likely N-dealkylation sites (N-methyl/N-ethyl adjacent to an activating group) is 1. The molecule has 2 aromatic rings. The summed E-state index contributed by atoms with van der Waals surface area (Å²) in [6.07, 6.45) is 0.831. The van der Waals surface area contributed by atoms with Gasteiger partial charge >= 0.3 is 0 Å². The Labute approximate surface area is 126 Å². The monoisotopic (exact) mass is 283 g/mol. The predicted octanol–water partition coefficient (Wildman–Crippen LogP) is 3.32. The smallest absolute Gasteiger partial charge is 0.253 e. The molecule has 0 fully saturated rings. The second kappa shape index (κ2) is 6.93. The van der Waals surface area contributed by atoms with E-state index in [4.69, 9.17) is 4.74 Å². The van der Waals surface area contributed by atoms with Crippen molar-refractivity contribution in [3.63, 3.8) is 0 Å². The van der Waals surface area contributed by atoms with Crippen LogP contribution in [0.15, 0.2) is 48.5 Å². The van der Waals surface area contributed by atoms with Gasteiger partial charge < -0.3 is 9.64 Å². The van der Waals surface area contributed by atoms with Crippen LogP contribution in [-0.4, -0.2) is 31.5 Å². The zero-order valence-corrected chi connectivity index (χ0v) is 12.8. The molecule has 3 nitrogen and oxygen atoms in total. The number of aryl methyl sites for hydroxylation is 1. The summed E-state index contributed by atoms with van der Waals surface area (Å²) in [6, 6.07) is 15.6. The normalized spacial score (nSPS) is 10.2. The highest BCUT2D eigenvalue weighted by atomic mass is 16.5. The largest absolute Gasteiger partial charge is 0.497 e. The van der Waals surface area contributed by atoms with Gasteiger partial charge in [0.15, 0.2) is 0 Å². The number of carbonyl (C=O) groups excluding carboxylic acids is 1. The maximum absolute atomic E-state index is 12.3. The molecule has 0 saturated heterocycles. The van der Waals surface area contributed by atoms with Gasteiger partial charge in [-0.25, -0.2) is 0 Å². The first-order chi connectivity index (χ1) is 10.1. The fraction of sp³-hybridized carbons (Fsp3) is 0.278.